The minimum Gasteiger partial charge on any atom is -0.423 e. The number of benzene rings is 1. The smallest absolute Gasteiger partial charge is 0.254 e. The number of rotatable bonds is 2. The lowest BCUT2D eigenvalue weighted by molar-refractivity contribution is -0.0796. The molecule has 6 heteroatoms. The molecule has 0 spiro atoms. The first kappa shape index (κ1) is 16.0. The molecule has 1 saturated heterocycles. The van der Waals surface area contributed by atoms with Gasteiger partial charge in [-0.15, -0.1) is 10.2 Å². The predicted octanol–water partition coefficient (Wildman–Crippen LogP) is 2.94. The first-order chi connectivity index (χ1) is 12.1. The van der Waals surface area contributed by atoms with E-state index in [9.17, 15) is 4.79 Å². The molecule has 2 aromatic rings. The first-order valence-corrected chi connectivity index (χ1v) is 8.64. The highest BCUT2D eigenvalue weighted by Crippen LogP contribution is 2.26. The summed E-state index contributed by atoms with van der Waals surface area (Å²) >= 11 is 0. The molecular weight excluding hydrogens is 318 g/mol. The third kappa shape index (κ3) is 3.22. The SMILES string of the molecule is Cc1nnc([C@H]2CN(C(=O)c3ccc4c(c3)CCC=C4)C[C@@H](C)O2)o1. The van der Waals surface area contributed by atoms with Crippen molar-refractivity contribution in [2.75, 3.05) is 13.1 Å². The Morgan fingerprint density at radius 3 is 2.96 bits per heavy atom. The lowest BCUT2D eigenvalue weighted by Crippen LogP contribution is -2.46. The van der Waals surface area contributed by atoms with Crippen LogP contribution in [0, 0.1) is 6.92 Å². The lowest BCUT2D eigenvalue weighted by Gasteiger charge is -2.35. The van der Waals surface area contributed by atoms with Crippen LogP contribution in [0.2, 0.25) is 0 Å². The second-order valence-electron chi connectivity index (χ2n) is 6.66. The number of aromatic nitrogens is 2. The molecule has 4 rings (SSSR count). The van der Waals surface area contributed by atoms with E-state index in [2.05, 4.69) is 22.3 Å². The van der Waals surface area contributed by atoms with Gasteiger partial charge < -0.3 is 14.1 Å². The summed E-state index contributed by atoms with van der Waals surface area (Å²) in [7, 11) is 0. The Balaban J connectivity index is 1.55. The third-order valence-electron chi connectivity index (χ3n) is 4.63. The van der Waals surface area contributed by atoms with Gasteiger partial charge in [0, 0.05) is 19.0 Å². The minimum absolute atomic E-state index is 0.0220. The number of hydrogen-bond donors (Lipinski definition) is 0. The molecule has 2 atom stereocenters. The van der Waals surface area contributed by atoms with E-state index in [1.807, 2.05) is 30.0 Å². The molecule has 25 heavy (non-hydrogen) atoms. The second kappa shape index (κ2) is 6.44. The zero-order valence-electron chi connectivity index (χ0n) is 14.4. The van der Waals surface area contributed by atoms with Crippen molar-refractivity contribution in [3.8, 4) is 0 Å². The van der Waals surface area contributed by atoms with Crippen molar-refractivity contribution in [1.82, 2.24) is 15.1 Å². The molecular formula is C19H21N3O3. The Morgan fingerprint density at radius 2 is 2.16 bits per heavy atom. The van der Waals surface area contributed by atoms with Crippen molar-refractivity contribution < 1.29 is 13.9 Å². The van der Waals surface area contributed by atoms with Crippen molar-refractivity contribution in [3.63, 3.8) is 0 Å². The number of hydrogen-bond acceptors (Lipinski definition) is 5. The van der Waals surface area contributed by atoms with Crippen molar-refractivity contribution >= 4 is 12.0 Å². The standard InChI is InChI=1S/C19H21N3O3/c1-12-10-22(11-17(24-12)18-21-20-13(2)25-18)19(23)16-8-7-14-5-3-4-6-15(14)9-16/h3,5,7-9,12,17H,4,6,10-11H2,1-2H3/t12-,17-/m1/s1. The molecule has 2 heterocycles. The van der Waals surface area contributed by atoms with Crippen LogP contribution in [0.4, 0.5) is 0 Å². The Hall–Kier alpha value is -2.47. The Kier molecular flexibility index (Phi) is 4.13. The van der Waals surface area contributed by atoms with Gasteiger partial charge in [0.1, 0.15) is 0 Å². The third-order valence-corrected chi connectivity index (χ3v) is 4.63. The zero-order valence-corrected chi connectivity index (χ0v) is 14.4. The number of allylic oxidation sites excluding steroid dienone is 1. The summed E-state index contributed by atoms with van der Waals surface area (Å²) in [6, 6.07) is 5.96. The van der Waals surface area contributed by atoms with E-state index < -0.39 is 0 Å². The monoisotopic (exact) mass is 339 g/mol. The molecule has 1 aromatic heterocycles. The molecule has 6 nitrogen and oxygen atoms in total. The summed E-state index contributed by atoms with van der Waals surface area (Å²) in [5.74, 6) is 0.948. The number of nitrogens with zero attached hydrogens (tertiary/aromatic N) is 3. The summed E-state index contributed by atoms with van der Waals surface area (Å²) in [4.78, 5) is 14.8. The van der Waals surface area contributed by atoms with Gasteiger partial charge in [-0.3, -0.25) is 4.79 Å². The summed E-state index contributed by atoms with van der Waals surface area (Å²) in [5.41, 5.74) is 3.17. The fourth-order valence-electron chi connectivity index (χ4n) is 3.45. The van der Waals surface area contributed by atoms with Crippen molar-refractivity contribution in [1.29, 1.82) is 0 Å². The Bertz CT molecular complexity index is 827. The van der Waals surface area contributed by atoms with Crippen LogP contribution >= 0.6 is 0 Å². The molecule has 0 saturated carbocycles. The fraction of sp³-hybridized carbons (Fsp3) is 0.421. The fourth-order valence-corrected chi connectivity index (χ4v) is 3.45. The van der Waals surface area contributed by atoms with Gasteiger partial charge in [0.25, 0.3) is 5.91 Å². The topological polar surface area (TPSA) is 68.5 Å². The van der Waals surface area contributed by atoms with E-state index in [0.29, 0.717) is 24.9 Å². The number of amides is 1. The number of ether oxygens (including phenoxy) is 1. The van der Waals surface area contributed by atoms with Gasteiger partial charge in [-0.1, -0.05) is 18.2 Å². The molecule has 0 unspecified atom stereocenters. The number of aryl methyl sites for hydroxylation is 2. The van der Waals surface area contributed by atoms with Crippen LogP contribution in [0.1, 0.15) is 52.7 Å². The number of morpholine rings is 1. The van der Waals surface area contributed by atoms with Crippen LogP contribution < -0.4 is 0 Å². The summed E-state index contributed by atoms with van der Waals surface area (Å²) in [6.45, 7) is 4.67. The molecule has 1 amide bonds. The molecule has 1 fully saturated rings. The summed E-state index contributed by atoms with van der Waals surface area (Å²) in [6.07, 6.45) is 5.83. The van der Waals surface area contributed by atoms with Crippen LogP contribution in [0.15, 0.2) is 28.7 Å². The van der Waals surface area contributed by atoms with Crippen molar-refractivity contribution in [2.24, 2.45) is 0 Å². The van der Waals surface area contributed by atoms with E-state index in [4.69, 9.17) is 9.15 Å². The highest BCUT2D eigenvalue weighted by atomic mass is 16.5. The average Bonchev–Trinajstić information content (AvgIpc) is 3.06. The largest absolute Gasteiger partial charge is 0.423 e. The van der Waals surface area contributed by atoms with Gasteiger partial charge in [-0.25, -0.2) is 0 Å². The number of carbonyl (C=O) groups excluding carboxylic acids is 1. The molecule has 1 aromatic carbocycles. The maximum absolute atomic E-state index is 13.0. The van der Waals surface area contributed by atoms with Gasteiger partial charge in [0.2, 0.25) is 11.8 Å². The van der Waals surface area contributed by atoms with Gasteiger partial charge >= 0.3 is 0 Å². The normalized spacial score (nSPS) is 22.7. The maximum Gasteiger partial charge on any atom is 0.254 e. The van der Waals surface area contributed by atoms with Gasteiger partial charge in [0.05, 0.1) is 12.6 Å². The van der Waals surface area contributed by atoms with Crippen molar-refractivity contribution in [2.45, 2.75) is 38.9 Å². The van der Waals surface area contributed by atoms with Gasteiger partial charge in [0.15, 0.2) is 6.10 Å². The highest BCUT2D eigenvalue weighted by molar-refractivity contribution is 5.95. The minimum atomic E-state index is -0.380. The maximum atomic E-state index is 13.0. The average molecular weight is 339 g/mol. The van der Waals surface area contributed by atoms with Crippen LogP contribution in [-0.4, -0.2) is 40.2 Å². The molecule has 1 aliphatic heterocycles. The summed E-state index contributed by atoms with van der Waals surface area (Å²) in [5, 5.41) is 7.90. The molecule has 0 bridgehead atoms. The molecule has 130 valence electrons. The molecule has 1 aliphatic carbocycles. The van der Waals surface area contributed by atoms with E-state index in [-0.39, 0.29) is 18.1 Å². The van der Waals surface area contributed by atoms with Crippen LogP contribution in [-0.2, 0) is 11.2 Å². The Morgan fingerprint density at radius 1 is 1.28 bits per heavy atom. The Labute approximate surface area is 146 Å². The van der Waals surface area contributed by atoms with Gasteiger partial charge in [-0.2, -0.15) is 0 Å². The lowest BCUT2D eigenvalue weighted by atomic mass is 9.95. The van der Waals surface area contributed by atoms with E-state index in [0.717, 1.165) is 18.4 Å². The van der Waals surface area contributed by atoms with Crippen LogP contribution in [0.5, 0.6) is 0 Å². The first-order valence-electron chi connectivity index (χ1n) is 8.64. The van der Waals surface area contributed by atoms with E-state index in [1.165, 1.54) is 11.1 Å². The number of carbonyl (C=O) groups is 1. The van der Waals surface area contributed by atoms with Crippen molar-refractivity contribution in [3.05, 3.63) is 52.7 Å². The number of fused-ring (bicyclic) bond motifs is 1. The second-order valence-corrected chi connectivity index (χ2v) is 6.66. The molecule has 0 N–H and O–H groups in total. The quantitative estimate of drug-likeness (QED) is 0.841. The summed E-state index contributed by atoms with van der Waals surface area (Å²) < 4.78 is 11.4. The molecule has 2 aliphatic rings. The van der Waals surface area contributed by atoms with Gasteiger partial charge in [-0.05, 0) is 43.0 Å². The van der Waals surface area contributed by atoms with E-state index >= 15 is 0 Å². The predicted molar refractivity (Wildman–Crippen MR) is 92.0 cm³/mol. The van der Waals surface area contributed by atoms with Crippen LogP contribution in [0.3, 0.4) is 0 Å². The molecule has 0 radical (unpaired) electrons. The zero-order chi connectivity index (χ0) is 17.4. The van der Waals surface area contributed by atoms with Crippen LogP contribution in [0.25, 0.3) is 6.08 Å². The highest BCUT2D eigenvalue weighted by Gasteiger charge is 2.33. The van der Waals surface area contributed by atoms with E-state index in [1.54, 1.807) is 6.92 Å².